The van der Waals surface area contributed by atoms with Crippen LogP contribution in [0.3, 0.4) is 0 Å². The molecular formula is C9H6Ca2O8. The standard InChI is InChI=1S/C9H10O8.2Ca/c10-5(11)3-1-4(6(12)13)9(2-3,7(14)15)8(16)17;;/h3-4H,1-2H2,(H,10,11)(H,12,13)(H,14,15)(H,16,17);;/q;2*+2/p-4. The monoisotopic (exact) mass is 322 g/mol. The minimum absolute atomic E-state index is 0. The largest absolute Gasteiger partial charge is 2.00 e. The smallest absolute Gasteiger partial charge is 0.550 e. The number of rotatable bonds is 4. The van der Waals surface area contributed by atoms with E-state index in [-0.39, 0.29) is 75.5 Å². The van der Waals surface area contributed by atoms with Crippen LogP contribution < -0.4 is 20.4 Å². The SMILES string of the molecule is O=C([O-])C1CC(C(=O)[O-])C(C(=O)[O-])(C(=O)[O-])C1.[Ca+2].[Ca+2]. The van der Waals surface area contributed by atoms with E-state index >= 15 is 0 Å². The Morgan fingerprint density at radius 1 is 0.842 bits per heavy atom. The van der Waals surface area contributed by atoms with E-state index in [4.69, 9.17) is 0 Å². The van der Waals surface area contributed by atoms with Crippen LogP contribution in [0, 0.1) is 17.3 Å². The summed E-state index contributed by atoms with van der Waals surface area (Å²) in [7, 11) is 0. The van der Waals surface area contributed by atoms with Gasteiger partial charge in [-0.1, -0.05) is 0 Å². The van der Waals surface area contributed by atoms with Gasteiger partial charge in [0.2, 0.25) is 0 Å². The van der Waals surface area contributed by atoms with E-state index in [2.05, 4.69) is 0 Å². The number of hydrogen-bond donors (Lipinski definition) is 0. The molecule has 0 radical (unpaired) electrons. The van der Waals surface area contributed by atoms with Gasteiger partial charge >= 0.3 is 75.5 Å². The van der Waals surface area contributed by atoms with Gasteiger partial charge in [0, 0.05) is 23.8 Å². The van der Waals surface area contributed by atoms with E-state index in [0.717, 1.165) is 0 Å². The molecule has 94 valence electrons. The summed E-state index contributed by atoms with van der Waals surface area (Å²) in [5.74, 6) is -11.6. The summed E-state index contributed by atoms with van der Waals surface area (Å²) < 4.78 is 0. The molecule has 8 nitrogen and oxygen atoms in total. The fourth-order valence-electron chi connectivity index (χ4n) is 2.11. The maximum absolute atomic E-state index is 10.8. The zero-order chi connectivity index (χ0) is 13.4. The minimum Gasteiger partial charge on any atom is -0.550 e. The van der Waals surface area contributed by atoms with Crippen LogP contribution in [0.25, 0.3) is 0 Å². The second-order valence-corrected chi connectivity index (χ2v) is 3.87. The average molecular weight is 322 g/mol. The van der Waals surface area contributed by atoms with Crippen LogP contribution in [0.2, 0.25) is 0 Å². The van der Waals surface area contributed by atoms with Crippen LogP contribution in [0.1, 0.15) is 12.8 Å². The van der Waals surface area contributed by atoms with Gasteiger partial charge in [-0.25, -0.2) is 0 Å². The summed E-state index contributed by atoms with van der Waals surface area (Å²) in [6, 6.07) is 0. The third-order valence-electron chi connectivity index (χ3n) is 3.03. The topological polar surface area (TPSA) is 161 Å². The molecule has 0 bridgehead atoms. The van der Waals surface area contributed by atoms with Gasteiger partial charge in [0.1, 0.15) is 0 Å². The summed E-state index contributed by atoms with van der Waals surface area (Å²) in [5, 5.41) is 42.9. The van der Waals surface area contributed by atoms with Gasteiger partial charge in [-0.3, -0.25) is 0 Å². The molecule has 0 aromatic carbocycles. The first-order valence-electron chi connectivity index (χ1n) is 4.58. The minimum atomic E-state index is -2.89. The van der Waals surface area contributed by atoms with Crippen molar-refractivity contribution >= 4 is 99.4 Å². The quantitative estimate of drug-likeness (QED) is 0.364. The number of carboxylic acids is 4. The van der Waals surface area contributed by atoms with Crippen molar-refractivity contribution in [1.82, 2.24) is 0 Å². The molecule has 0 heterocycles. The predicted molar refractivity (Wildman–Crippen MR) is 50.2 cm³/mol. The molecule has 19 heavy (non-hydrogen) atoms. The first-order valence-corrected chi connectivity index (χ1v) is 4.58. The Labute approximate surface area is 167 Å². The summed E-state index contributed by atoms with van der Waals surface area (Å²) in [4.78, 5) is 42.9. The average Bonchev–Trinajstić information content (AvgIpc) is 2.58. The van der Waals surface area contributed by atoms with Crippen LogP contribution in [0.4, 0.5) is 0 Å². The van der Waals surface area contributed by atoms with E-state index in [9.17, 15) is 39.6 Å². The summed E-state index contributed by atoms with van der Waals surface area (Å²) in [6.07, 6.45) is -1.65. The fraction of sp³-hybridized carbons (Fsp3) is 0.556. The van der Waals surface area contributed by atoms with Crippen LogP contribution in [0.15, 0.2) is 0 Å². The summed E-state index contributed by atoms with van der Waals surface area (Å²) in [5.41, 5.74) is -2.89. The van der Waals surface area contributed by atoms with Gasteiger partial charge in [0.25, 0.3) is 0 Å². The first-order chi connectivity index (χ1) is 7.73. The second-order valence-electron chi connectivity index (χ2n) is 3.87. The Morgan fingerprint density at radius 3 is 1.47 bits per heavy atom. The molecule has 0 saturated heterocycles. The molecule has 1 rings (SSSR count). The Morgan fingerprint density at radius 2 is 1.26 bits per heavy atom. The van der Waals surface area contributed by atoms with Gasteiger partial charge in [-0.05, 0) is 12.8 Å². The summed E-state index contributed by atoms with van der Waals surface area (Å²) in [6.45, 7) is 0. The van der Waals surface area contributed by atoms with E-state index in [1.165, 1.54) is 0 Å². The zero-order valence-electron chi connectivity index (χ0n) is 9.75. The molecule has 0 amide bonds. The number of carbonyl (C=O) groups excluding carboxylic acids is 4. The van der Waals surface area contributed by atoms with Gasteiger partial charge in [0.15, 0.2) is 0 Å². The maximum Gasteiger partial charge on any atom is 2.00 e. The number of aliphatic carboxylic acids is 4. The van der Waals surface area contributed by atoms with Crippen molar-refractivity contribution in [2.75, 3.05) is 0 Å². The van der Waals surface area contributed by atoms with Crippen molar-refractivity contribution in [1.29, 1.82) is 0 Å². The Hall–Kier alpha value is 0.399. The fourth-order valence-corrected chi connectivity index (χ4v) is 2.11. The Balaban J connectivity index is 0. The third-order valence-corrected chi connectivity index (χ3v) is 3.03. The predicted octanol–water partition coefficient (Wildman–Crippen LogP) is -6.76. The third kappa shape index (κ3) is 3.95. The zero-order valence-corrected chi connectivity index (χ0v) is 14.2. The van der Waals surface area contributed by atoms with Crippen molar-refractivity contribution in [2.24, 2.45) is 17.3 Å². The molecule has 1 aliphatic rings. The normalized spacial score (nSPS) is 23.6. The molecule has 0 aromatic heterocycles. The first kappa shape index (κ1) is 21.7. The number of carbonyl (C=O) groups is 4. The molecule has 1 saturated carbocycles. The van der Waals surface area contributed by atoms with Gasteiger partial charge < -0.3 is 39.6 Å². The van der Waals surface area contributed by atoms with E-state index in [0.29, 0.717) is 0 Å². The molecule has 1 aliphatic carbocycles. The van der Waals surface area contributed by atoms with E-state index in [1.807, 2.05) is 0 Å². The maximum atomic E-state index is 10.8. The molecule has 0 N–H and O–H groups in total. The van der Waals surface area contributed by atoms with E-state index < -0.39 is 54.0 Å². The van der Waals surface area contributed by atoms with Gasteiger partial charge in [-0.15, -0.1) is 0 Å². The number of carboxylic acid groups (broad SMARTS) is 4. The molecule has 1 fully saturated rings. The van der Waals surface area contributed by atoms with Crippen molar-refractivity contribution < 1.29 is 39.6 Å². The van der Waals surface area contributed by atoms with Crippen molar-refractivity contribution in [2.45, 2.75) is 12.8 Å². The van der Waals surface area contributed by atoms with Crippen LogP contribution in [0.5, 0.6) is 0 Å². The van der Waals surface area contributed by atoms with Crippen LogP contribution in [-0.4, -0.2) is 99.4 Å². The number of hydrogen-bond acceptors (Lipinski definition) is 8. The molecule has 0 aromatic rings. The molecule has 0 spiro atoms. The molecule has 2 atom stereocenters. The molecule has 2 unspecified atom stereocenters. The van der Waals surface area contributed by atoms with Gasteiger partial charge in [-0.2, -0.15) is 0 Å². The van der Waals surface area contributed by atoms with Crippen molar-refractivity contribution in [3.63, 3.8) is 0 Å². The van der Waals surface area contributed by atoms with Crippen LogP contribution in [-0.2, 0) is 19.2 Å². The van der Waals surface area contributed by atoms with Gasteiger partial charge in [0.05, 0.1) is 17.4 Å². The summed E-state index contributed by atoms with van der Waals surface area (Å²) >= 11 is 0. The second kappa shape index (κ2) is 7.99. The molecule has 10 heteroatoms. The van der Waals surface area contributed by atoms with E-state index in [1.54, 1.807) is 0 Å². The Bertz CT molecular complexity index is 393. The van der Waals surface area contributed by atoms with Crippen LogP contribution >= 0.6 is 0 Å². The van der Waals surface area contributed by atoms with Crippen molar-refractivity contribution in [3.8, 4) is 0 Å². The molecule has 0 aliphatic heterocycles. The molecular weight excluding hydrogens is 316 g/mol. The van der Waals surface area contributed by atoms with Crippen molar-refractivity contribution in [3.05, 3.63) is 0 Å². The Kier molecular flexibility index (Phi) is 9.13.